The van der Waals surface area contributed by atoms with Gasteiger partial charge in [-0.3, -0.25) is 14.6 Å². The quantitative estimate of drug-likeness (QED) is 0.578. The van der Waals surface area contributed by atoms with Gasteiger partial charge in [0.05, 0.1) is 11.9 Å². The van der Waals surface area contributed by atoms with Gasteiger partial charge < -0.3 is 9.47 Å². The van der Waals surface area contributed by atoms with Crippen LogP contribution in [0, 0.1) is 0 Å². The van der Waals surface area contributed by atoms with E-state index in [0.717, 1.165) is 54.5 Å². The van der Waals surface area contributed by atoms with E-state index in [0.29, 0.717) is 24.3 Å². The third kappa shape index (κ3) is 5.30. The number of rotatable bonds is 8. The Morgan fingerprint density at radius 1 is 1.12 bits per heavy atom. The summed E-state index contributed by atoms with van der Waals surface area (Å²) in [7, 11) is 0. The summed E-state index contributed by atoms with van der Waals surface area (Å²) in [4.78, 5) is 42.0. The summed E-state index contributed by atoms with van der Waals surface area (Å²) in [6, 6.07) is 11.5. The molecular weight excluding hydrogens is 428 g/mol. The van der Waals surface area contributed by atoms with Gasteiger partial charge in [0.15, 0.2) is 0 Å². The Morgan fingerprint density at radius 3 is 2.50 bits per heavy atom. The zero-order valence-corrected chi connectivity index (χ0v) is 18.8. The molecule has 0 radical (unpaired) electrons. The van der Waals surface area contributed by atoms with E-state index in [2.05, 4.69) is 18.0 Å². The number of hydrogen-bond donors (Lipinski definition) is 0. The Morgan fingerprint density at radius 2 is 1.88 bits per heavy atom. The van der Waals surface area contributed by atoms with Crippen molar-refractivity contribution in [2.24, 2.45) is 0 Å². The zero-order valence-electron chi connectivity index (χ0n) is 18.0. The molecule has 0 spiro atoms. The minimum absolute atomic E-state index is 0.175. The van der Waals surface area contributed by atoms with Gasteiger partial charge in [0.1, 0.15) is 11.9 Å². The minimum Gasteiger partial charge on any atom is -0.493 e. The Bertz CT molecular complexity index is 973. The van der Waals surface area contributed by atoms with Gasteiger partial charge in [0.25, 0.3) is 11.1 Å². The van der Waals surface area contributed by atoms with E-state index in [9.17, 15) is 14.4 Å². The monoisotopic (exact) mass is 454 g/mol. The Hall–Kier alpha value is -2.87. The molecule has 2 fully saturated rings. The van der Waals surface area contributed by atoms with Crippen LogP contribution >= 0.6 is 11.8 Å². The van der Waals surface area contributed by atoms with Gasteiger partial charge >= 0.3 is 6.09 Å². The Balaban J connectivity index is 1.26. The van der Waals surface area contributed by atoms with Crippen molar-refractivity contribution >= 4 is 29.0 Å². The second-order valence-electron chi connectivity index (χ2n) is 7.94. The van der Waals surface area contributed by atoms with Crippen LogP contribution in [0.1, 0.15) is 43.0 Å². The fraction of sp³-hybridized carbons (Fsp3) is 0.417. The van der Waals surface area contributed by atoms with E-state index in [1.807, 2.05) is 36.5 Å². The van der Waals surface area contributed by atoms with Gasteiger partial charge in [0.2, 0.25) is 0 Å². The van der Waals surface area contributed by atoms with Crippen molar-refractivity contribution in [2.45, 2.75) is 56.8 Å². The number of nitrogens with zero attached hydrogens (tertiary/aromatic N) is 2. The van der Waals surface area contributed by atoms with E-state index >= 15 is 0 Å². The molecule has 3 amide bonds. The molecular formula is C24H26N2O5S. The molecule has 1 aliphatic carbocycles. The molecule has 168 valence electrons. The molecule has 7 nitrogen and oxygen atoms in total. The molecule has 2 heterocycles. The molecule has 1 saturated carbocycles. The SMILES string of the molecule is CCc1ccc(CCOc2ccc(CC3SC(=O)N(C(=O)OC4CCC4)C3=O)cc2)nc1. The average Bonchev–Trinajstić information content (AvgIpc) is 3.05. The first-order valence-corrected chi connectivity index (χ1v) is 11.8. The number of hydrogen-bond acceptors (Lipinski definition) is 7. The molecule has 2 aromatic rings. The molecule has 0 N–H and O–H groups in total. The van der Waals surface area contributed by atoms with Crippen LogP contribution in [0.15, 0.2) is 42.6 Å². The third-order valence-electron chi connectivity index (χ3n) is 5.69. The number of imide groups is 3. The maximum atomic E-state index is 12.6. The topological polar surface area (TPSA) is 85.8 Å². The third-order valence-corrected chi connectivity index (χ3v) is 6.73. The number of pyridine rings is 1. The molecule has 0 bridgehead atoms. The van der Waals surface area contributed by atoms with Crippen LogP contribution in [-0.2, 0) is 28.8 Å². The molecule has 2 aliphatic rings. The Labute approximate surface area is 191 Å². The van der Waals surface area contributed by atoms with E-state index in [-0.39, 0.29) is 6.10 Å². The van der Waals surface area contributed by atoms with Crippen LogP contribution in [0.4, 0.5) is 9.59 Å². The Kier molecular flexibility index (Phi) is 7.09. The summed E-state index contributed by atoms with van der Waals surface area (Å²) in [5.74, 6) is 0.220. The highest BCUT2D eigenvalue weighted by atomic mass is 32.2. The maximum Gasteiger partial charge on any atom is 0.424 e. The van der Waals surface area contributed by atoms with Gasteiger partial charge in [0, 0.05) is 18.3 Å². The van der Waals surface area contributed by atoms with Crippen molar-refractivity contribution in [3.63, 3.8) is 0 Å². The van der Waals surface area contributed by atoms with Crippen molar-refractivity contribution in [2.75, 3.05) is 6.61 Å². The number of aryl methyl sites for hydroxylation is 1. The molecule has 32 heavy (non-hydrogen) atoms. The highest BCUT2D eigenvalue weighted by Crippen LogP contribution is 2.32. The van der Waals surface area contributed by atoms with Crippen molar-refractivity contribution in [1.29, 1.82) is 0 Å². The fourth-order valence-electron chi connectivity index (χ4n) is 3.46. The van der Waals surface area contributed by atoms with Crippen LogP contribution in [0.25, 0.3) is 0 Å². The normalized spacial score (nSPS) is 18.5. The first-order valence-electron chi connectivity index (χ1n) is 10.9. The minimum atomic E-state index is -0.845. The molecule has 8 heteroatoms. The standard InChI is InChI=1S/C24H26N2O5S/c1-2-16-6-9-18(25-15-16)12-13-30-19-10-7-17(8-11-19)14-21-22(27)26(24(29)32-21)23(28)31-20-4-3-5-20/h6-11,15,20-21H,2-5,12-14H2,1H3. The zero-order chi connectivity index (χ0) is 22.5. The van der Waals surface area contributed by atoms with Crippen molar-refractivity contribution < 1.29 is 23.9 Å². The predicted molar refractivity (Wildman–Crippen MR) is 121 cm³/mol. The lowest BCUT2D eigenvalue weighted by Crippen LogP contribution is -2.40. The van der Waals surface area contributed by atoms with Crippen LogP contribution in [0.3, 0.4) is 0 Å². The molecule has 4 rings (SSSR count). The van der Waals surface area contributed by atoms with E-state index in [4.69, 9.17) is 9.47 Å². The second-order valence-corrected chi connectivity index (χ2v) is 9.09. The maximum absolute atomic E-state index is 12.6. The first-order chi connectivity index (χ1) is 15.5. The van der Waals surface area contributed by atoms with Gasteiger partial charge in [-0.25, -0.2) is 4.79 Å². The van der Waals surface area contributed by atoms with Gasteiger partial charge in [-0.05, 0) is 73.2 Å². The van der Waals surface area contributed by atoms with Crippen LogP contribution in [0.2, 0.25) is 0 Å². The number of carbonyl (C=O) groups excluding carboxylic acids is 3. The number of benzene rings is 1. The van der Waals surface area contributed by atoms with E-state index in [1.54, 1.807) is 0 Å². The number of carbonyl (C=O) groups is 3. The highest BCUT2D eigenvalue weighted by molar-refractivity contribution is 8.15. The second kappa shape index (κ2) is 10.2. The molecule has 1 aliphatic heterocycles. The molecule has 1 atom stereocenters. The number of aromatic nitrogens is 1. The van der Waals surface area contributed by atoms with Crippen LogP contribution in [-0.4, -0.2) is 45.1 Å². The van der Waals surface area contributed by atoms with Crippen molar-refractivity contribution in [3.05, 3.63) is 59.4 Å². The fourth-order valence-corrected chi connectivity index (χ4v) is 4.45. The van der Waals surface area contributed by atoms with E-state index < -0.39 is 22.5 Å². The molecule has 1 aromatic heterocycles. The van der Waals surface area contributed by atoms with E-state index in [1.165, 1.54) is 5.56 Å². The lowest BCUT2D eigenvalue weighted by Gasteiger charge is -2.26. The van der Waals surface area contributed by atoms with Gasteiger partial charge in [-0.1, -0.05) is 25.1 Å². The molecule has 1 saturated heterocycles. The summed E-state index contributed by atoms with van der Waals surface area (Å²) < 4.78 is 11.0. The number of thioether (sulfide) groups is 1. The first kappa shape index (κ1) is 22.3. The smallest absolute Gasteiger partial charge is 0.424 e. The summed E-state index contributed by atoms with van der Waals surface area (Å²) in [6.45, 7) is 2.62. The number of amides is 3. The summed E-state index contributed by atoms with van der Waals surface area (Å²) in [5, 5.41) is -1.19. The van der Waals surface area contributed by atoms with Crippen molar-refractivity contribution in [1.82, 2.24) is 9.88 Å². The summed E-state index contributed by atoms with van der Waals surface area (Å²) >= 11 is 0.874. The summed E-state index contributed by atoms with van der Waals surface area (Å²) in [6.07, 6.45) is 5.49. The largest absolute Gasteiger partial charge is 0.493 e. The lowest BCUT2D eigenvalue weighted by atomic mass is 9.96. The van der Waals surface area contributed by atoms with Crippen molar-refractivity contribution in [3.8, 4) is 5.75 Å². The van der Waals surface area contributed by atoms with Crippen LogP contribution < -0.4 is 4.74 Å². The summed E-state index contributed by atoms with van der Waals surface area (Å²) in [5.41, 5.74) is 3.09. The molecule has 1 unspecified atom stereocenters. The number of ether oxygens (including phenoxy) is 2. The van der Waals surface area contributed by atoms with Gasteiger partial charge in [-0.15, -0.1) is 0 Å². The lowest BCUT2D eigenvalue weighted by molar-refractivity contribution is -0.125. The molecule has 1 aromatic carbocycles. The highest BCUT2D eigenvalue weighted by Gasteiger charge is 2.45. The van der Waals surface area contributed by atoms with Crippen LogP contribution in [0.5, 0.6) is 5.75 Å². The average molecular weight is 455 g/mol. The van der Waals surface area contributed by atoms with Gasteiger partial charge in [-0.2, -0.15) is 4.90 Å². The predicted octanol–water partition coefficient (Wildman–Crippen LogP) is 4.56.